The molecule has 2 aliphatic rings. The number of nitrogens with one attached hydrogen (secondary N) is 2. The van der Waals surface area contributed by atoms with E-state index in [2.05, 4.69) is 10.0 Å². The van der Waals surface area contributed by atoms with Crippen LogP contribution < -0.4 is 15.5 Å². The molecule has 1 saturated carbocycles. The van der Waals surface area contributed by atoms with Crippen LogP contribution in [-0.2, 0) is 25.8 Å². The predicted molar refractivity (Wildman–Crippen MR) is 175 cm³/mol. The molecule has 1 saturated heterocycles. The second kappa shape index (κ2) is 11.5. The van der Waals surface area contributed by atoms with Gasteiger partial charge in [0.15, 0.2) is 0 Å². The molecule has 3 aromatic carbocycles. The Balaban J connectivity index is 1.25. The van der Waals surface area contributed by atoms with E-state index in [1.807, 2.05) is 33.8 Å². The molecule has 45 heavy (non-hydrogen) atoms. The molecule has 0 spiro atoms. The van der Waals surface area contributed by atoms with Crippen LogP contribution in [0, 0.1) is 5.82 Å². The minimum atomic E-state index is -3.84. The molecule has 2 heterocycles. The van der Waals surface area contributed by atoms with Crippen molar-refractivity contribution in [3.05, 3.63) is 82.1 Å². The summed E-state index contributed by atoms with van der Waals surface area (Å²) in [4.78, 5) is 13.0. The molecule has 2 N–H and O–H groups in total. The summed E-state index contributed by atoms with van der Waals surface area (Å²) in [6.45, 7) is 7.59. The molecule has 1 aliphatic carbocycles. The number of carbonyl (C=O) groups is 1. The lowest BCUT2D eigenvalue weighted by Gasteiger charge is -2.32. The van der Waals surface area contributed by atoms with E-state index in [4.69, 9.17) is 25.3 Å². The summed E-state index contributed by atoms with van der Waals surface area (Å²) < 4.78 is 62.7. The molecule has 8 nitrogen and oxygen atoms in total. The first-order chi connectivity index (χ1) is 21.2. The predicted octanol–water partition coefficient (Wildman–Crippen LogP) is 6.41. The number of sulfonamides is 1. The average molecular weight is 653 g/mol. The number of benzene rings is 3. The van der Waals surface area contributed by atoms with Gasteiger partial charge >= 0.3 is 7.12 Å². The maximum atomic E-state index is 15.2. The number of anilines is 1. The van der Waals surface area contributed by atoms with Gasteiger partial charge in [0, 0.05) is 34.5 Å². The fourth-order valence-electron chi connectivity index (χ4n) is 5.49. The zero-order valence-corrected chi connectivity index (χ0v) is 27.4. The molecule has 0 atom stereocenters. The van der Waals surface area contributed by atoms with Gasteiger partial charge in [-0.1, -0.05) is 23.7 Å². The van der Waals surface area contributed by atoms with E-state index < -0.39 is 34.2 Å². The second-order valence-electron chi connectivity index (χ2n) is 12.7. The molecule has 1 amide bonds. The number of furan rings is 1. The highest BCUT2D eigenvalue weighted by Crippen LogP contribution is 2.47. The number of carbonyl (C=O) groups excluding carboxylic acids is 1. The lowest BCUT2D eigenvalue weighted by atomic mass is 9.78. The highest BCUT2D eigenvalue weighted by Gasteiger charge is 2.52. The molecule has 236 valence electrons. The molecule has 1 aliphatic heterocycles. The first-order valence-electron chi connectivity index (χ1n) is 14.9. The van der Waals surface area contributed by atoms with Crippen LogP contribution in [0.1, 0.15) is 67.9 Å². The van der Waals surface area contributed by atoms with E-state index in [-0.39, 0.29) is 29.5 Å². The van der Waals surface area contributed by atoms with Gasteiger partial charge in [-0.3, -0.25) is 9.52 Å². The topological polar surface area (TPSA) is 107 Å². The summed E-state index contributed by atoms with van der Waals surface area (Å²) in [7, 11) is -3.14. The van der Waals surface area contributed by atoms with Crippen LogP contribution in [0.5, 0.6) is 0 Å². The van der Waals surface area contributed by atoms with Crippen molar-refractivity contribution in [2.75, 3.05) is 17.5 Å². The quantitative estimate of drug-likeness (QED) is 0.202. The summed E-state index contributed by atoms with van der Waals surface area (Å²) in [6.07, 6.45) is 1.91. The number of hydrogen-bond acceptors (Lipinski definition) is 6. The van der Waals surface area contributed by atoms with Crippen LogP contribution in [0.4, 0.5) is 10.1 Å². The average Bonchev–Trinajstić information content (AvgIpc) is 3.71. The minimum absolute atomic E-state index is 0.0964. The van der Waals surface area contributed by atoms with Crippen molar-refractivity contribution in [3.63, 3.8) is 0 Å². The van der Waals surface area contributed by atoms with Crippen LogP contribution in [0.15, 0.2) is 59.0 Å². The summed E-state index contributed by atoms with van der Waals surface area (Å²) in [6, 6.07) is 15.1. The molecule has 6 rings (SSSR count). The maximum absolute atomic E-state index is 15.2. The second-order valence-corrected chi connectivity index (χ2v) is 15.0. The minimum Gasteiger partial charge on any atom is -0.455 e. The maximum Gasteiger partial charge on any atom is 0.497 e. The molecule has 2 fully saturated rings. The van der Waals surface area contributed by atoms with Gasteiger partial charge in [-0.15, -0.1) is 0 Å². The highest BCUT2D eigenvalue weighted by atomic mass is 35.5. The Kier molecular flexibility index (Phi) is 8.04. The van der Waals surface area contributed by atoms with E-state index >= 15 is 4.39 Å². The van der Waals surface area contributed by atoms with E-state index in [1.165, 1.54) is 6.07 Å². The Morgan fingerprint density at radius 1 is 1.02 bits per heavy atom. The summed E-state index contributed by atoms with van der Waals surface area (Å²) in [5, 5.41) is 3.83. The standard InChI is InChI=1S/C33H35BClFN2O6S/c1-32(2)33(3,4)44-34(43-32)25-13-6-19(16-26(25)36)14-15-45(40,41)38-27-18-28-24(17-23(27)20-7-8-20)29(31(39)37-5)30(42-28)21-9-11-22(35)12-10-21/h6,9-13,16-18,20,38H,7-8,14-15H2,1-5H3,(H,37,39). The number of aryl methyl sites for hydroxylation is 1. The van der Waals surface area contributed by atoms with E-state index in [0.29, 0.717) is 44.1 Å². The van der Waals surface area contributed by atoms with Crippen molar-refractivity contribution in [1.82, 2.24) is 5.32 Å². The number of fused-ring (bicyclic) bond motifs is 1. The van der Waals surface area contributed by atoms with Gasteiger partial charge in [0.25, 0.3) is 5.91 Å². The van der Waals surface area contributed by atoms with Crippen molar-refractivity contribution in [1.29, 1.82) is 0 Å². The molecule has 0 bridgehead atoms. The summed E-state index contributed by atoms with van der Waals surface area (Å²) >= 11 is 6.07. The van der Waals surface area contributed by atoms with Gasteiger partial charge in [0.1, 0.15) is 17.2 Å². The first kappa shape index (κ1) is 31.6. The zero-order chi connectivity index (χ0) is 32.3. The van der Waals surface area contributed by atoms with Crippen molar-refractivity contribution >= 4 is 56.8 Å². The van der Waals surface area contributed by atoms with E-state index in [1.54, 1.807) is 49.5 Å². The molecule has 1 aromatic heterocycles. The van der Waals surface area contributed by atoms with E-state index in [0.717, 1.165) is 18.4 Å². The van der Waals surface area contributed by atoms with Crippen LogP contribution >= 0.6 is 11.6 Å². The van der Waals surface area contributed by atoms with Crippen molar-refractivity contribution in [3.8, 4) is 11.3 Å². The third kappa shape index (κ3) is 6.23. The van der Waals surface area contributed by atoms with Gasteiger partial charge < -0.3 is 19.0 Å². The van der Waals surface area contributed by atoms with Crippen LogP contribution in [0.3, 0.4) is 0 Å². The molecule has 4 aromatic rings. The number of rotatable bonds is 9. The zero-order valence-electron chi connectivity index (χ0n) is 25.8. The summed E-state index contributed by atoms with van der Waals surface area (Å²) in [5.41, 5.74) is 2.21. The molecule has 12 heteroatoms. The largest absolute Gasteiger partial charge is 0.497 e. The Hall–Kier alpha value is -3.38. The van der Waals surface area contributed by atoms with Gasteiger partial charge in [0.2, 0.25) is 10.0 Å². The Bertz CT molecular complexity index is 1890. The van der Waals surface area contributed by atoms with Gasteiger partial charge in [-0.2, -0.15) is 0 Å². The lowest BCUT2D eigenvalue weighted by molar-refractivity contribution is 0.00578. The fraction of sp³-hybridized carbons (Fsp3) is 0.364. The highest BCUT2D eigenvalue weighted by molar-refractivity contribution is 7.92. The molecule has 0 unspecified atom stereocenters. The normalized spacial score (nSPS) is 17.5. The molecular formula is C33H35BClFN2O6S. The Morgan fingerprint density at radius 2 is 1.69 bits per heavy atom. The van der Waals surface area contributed by atoms with Crippen molar-refractivity contribution in [2.24, 2.45) is 0 Å². The molecular weight excluding hydrogens is 618 g/mol. The van der Waals surface area contributed by atoms with Crippen molar-refractivity contribution < 1.29 is 31.3 Å². The van der Waals surface area contributed by atoms with Gasteiger partial charge in [0.05, 0.1) is 28.2 Å². The smallest absolute Gasteiger partial charge is 0.455 e. The SMILES string of the molecule is CNC(=O)c1c(-c2ccc(Cl)cc2)oc2cc(NS(=O)(=O)CCc3ccc(B4OC(C)(C)C(C)(C)O4)c(F)c3)c(C3CC3)cc12. The monoisotopic (exact) mass is 652 g/mol. The number of amides is 1. The molecule has 0 radical (unpaired) electrons. The third-order valence-electron chi connectivity index (χ3n) is 8.93. The van der Waals surface area contributed by atoms with Crippen LogP contribution in [0.2, 0.25) is 5.02 Å². The van der Waals surface area contributed by atoms with Crippen molar-refractivity contribution in [2.45, 2.75) is 64.1 Å². The summed E-state index contributed by atoms with van der Waals surface area (Å²) in [5.74, 6) is -0.560. The third-order valence-corrected chi connectivity index (χ3v) is 10.5. The van der Waals surface area contributed by atoms with Crippen LogP contribution in [-0.4, -0.2) is 45.4 Å². The fourth-order valence-corrected chi connectivity index (χ4v) is 6.74. The Morgan fingerprint density at radius 3 is 2.29 bits per heavy atom. The van der Waals surface area contributed by atoms with E-state index in [9.17, 15) is 13.2 Å². The van der Waals surface area contributed by atoms with Gasteiger partial charge in [-0.25, -0.2) is 12.8 Å². The Labute approximate surface area is 267 Å². The van der Waals surface area contributed by atoms with Crippen LogP contribution in [0.25, 0.3) is 22.3 Å². The number of hydrogen-bond donors (Lipinski definition) is 2. The first-order valence-corrected chi connectivity index (χ1v) is 16.9. The number of halogens is 2. The lowest BCUT2D eigenvalue weighted by Crippen LogP contribution is -2.41. The van der Waals surface area contributed by atoms with Gasteiger partial charge in [-0.05, 0) is 100 Å².